The lowest BCUT2D eigenvalue weighted by molar-refractivity contribution is -0.119. The highest BCUT2D eigenvalue weighted by Gasteiger charge is 2.31. The zero-order valence-corrected chi connectivity index (χ0v) is 18.4. The van der Waals surface area contributed by atoms with Crippen LogP contribution in [-0.4, -0.2) is 20.9 Å². The Bertz CT molecular complexity index is 1150. The van der Waals surface area contributed by atoms with E-state index in [1.807, 2.05) is 39.8 Å². The van der Waals surface area contributed by atoms with Gasteiger partial charge < -0.3 is 4.74 Å². The van der Waals surface area contributed by atoms with Crippen LogP contribution in [0.15, 0.2) is 71.6 Å². The first-order valence-corrected chi connectivity index (χ1v) is 11.0. The summed E-state index contributed by atoms with van der Waals surface area (Å²) in [6.45, 7) is 7.22. The molecule has 6 heteroatoms. The Balaban J connectivity index is 1.95. The van der Waals surface area contributed by atoms with E-state index in [1.54, 1.807) is 42.5 Å². The van der Waals surface area contributed by atoms with Crippen molar-refractivity contribution >= 4 is 21.6 Å². The molecule has 0 radical (unpaired) electrons. The van der Waals surface area contributed by atoms with E-state index in [2.05, 4.69) is 0 Å². The van der Waals surface area contributed by atoms with Crippen LogP contribution in [0.3, 0.4) is 0 Å². The molecule has 0 aliphatic rings. The van der Waals surface area contributed by atoms with Crippen molar-refractivity contribution in [2.24, 2.45) is 0 Å². The summed E-state index contributed by atoms with van der Waals surface area (Å²) in [7, 11) is -4.10. The largest absolute Gasteiger partial charge is 0.483 e. The molecule has 0 fully saturated rings. The van der Waals surface area contributed by atoms with E-state index in [0.717, 1.165) is 26.6 Å². The van der Waals surface area contributed by atoms with Crippen LogP contribution < -0.4 is 9.04 Å². The van der Waals surface area contributed by atoms with Crippen molar-refractivity contribution in [2.45, 2.75) is 32.6 Å². The van der Waals surface area contributed by atoms with Crippen molar-refractivity contribution < 1.29 is 17.9 Å². The number of carbonyl (C=O) groups is 1. The molecule has 0 atom stereocenters. The summed E-state index contributed by atoms with van der Waals surface area (Å²) in [6, 6.07) is 18.8. The molecule has 3 aromatic carbocycles. The maximum atomic E-state index is 13.3. The number of hydrogen-bond donors (Lipinski definition) is 0. The predicted molar refractivity (Wildman–Crippen MR) is 118 cm³/mol. The molecular formula is C24H25NO4S. The molecule has 3 rings (SSSR count). The molecule has 5 nitrogen and oxygen atoms in total. The highest BCUT2D eigenvalue weighted by atomic mass is 32.2. The highest BCUT2D eigenvalue weighted by molar-refractivity contribution is 7.93. The van der Waals surface area contributed by atoms with Gasteiger partial charge in [-0.25, -0.2) is 8.42 Å². The normalized spacial score (nSPS) is 11.2. The average molecular weight is 424 g/mol. The molecule has 0 aliphatic carbocycles. The van der Waals surface area contributed by atoms with E-state index in [0.29, 0.717) is 5.75 Å². The van der Waals surface area contributed by atoms with Gasteiger partial charge in [0.1, 0.15) is 5.75 Å². The maximum Gasteiger partial charge on any atom is 0.278 e. The number of amides is 1. The second-order valence-electron chi connectivity index (χ2n) is 7.37. The van der Waals surface area contributed by atoms with Gasteiger partial charge in [0.2, 0.25) is 0 Å². The topological polar surface area (TPSA) is 63.7 Å². The van der Waals surface area contributed by atoms with Gasteiger partial charge in [-0.3, -0.25) is 4.79 Å². The van der Waals surface area contributed by atoms with Gasteiger partial charge in [-0.05, 0) is 63.6 Å². The van der Waals surface area contributed by atoms with Crippen LogP contribution in [0.5, 0.6) is 5.75 Å². The van der Waals surface area contributed by atoms with E-state index in [9.17, 15) is 13.2 Å². The SMILES string of the molecule is Cc1ccc(N(C(=O)COc2ccc(C)cc2C)S(=O)(=O)c2ccc(C)cc2)cc1. The lowest BCUT2D eigenvalue weighted by atomic mass is 10.1. The number of hydrogen-bond acceptors (Lipinski definition) is 4. The minimum absolute atomic E-state index is 0.0496. The van der Waals surface area contributed by atoms with Gasteiger partial charge in [-0.2, -0.15) is 4.31 Å². The van der Waals surface area contributed by atoms with E-state index in [-0.39, 0.29) is 10.6 Å². The molecule has 3 aromatic rings. The van der Waals surface area contributed by atoms with Crippen LogP contribution in [0.25, 0.3) is 0 Å². The molecule has 0 heterocycles. The smallest absolute Gasteiger partial charge is 0.278 e. The van der Waals surface area contributed by atoms with Gasteiger partial charge in [0.15, 0.2) is 6.61 Å². The first kappa shape index (κ1) is 21.6. The number of carbonyl (C=O) groups excluding carboxylic acids is 1. The van der Waals surface area contributed by atoms with Gasteiger partial charge in [0.05, 0.1) is 10.6 Å². The molecule has 0 saturated heterocycles. The third-order valence-corrected chi connectivity index (χ3v) is 6.50. The van der Waals surface area contributed by atoms with Crippen LogP contribution in [-0.2, 0) is 14.8 Å². The molecule has 0 saturated carbocycles. The number of sulfonamides is 1. The number of anilines is 1. The van der Waals surface area contributed by atoms with Crippen molar-refractivity contribution in [3.8, 4) is 5.75 Å². The second-order valence-corrected chi connectivity index (χ2v) is 9.16. The fourth-order valence-corrected chi connectivity index (χ4v) is 4.48. The average Bonchev–Trinajstić information content (AvgIpc) is 2.69. The Morgan fingerprint density at radius 3 is 1.90 bits per heavy atom. The summed E-state index contributed by atoms with van der Waals surface area (Å²) in [5.41, 5.74) is 4.13. The van der Waals surface area contributed by atoms with Crippen LogP contribution in [0.4, 0.5) is 5.69 Å². The molecule has 0 spiro atoms. The van der Waals surface area contributed by atoms with E-state index < -0.39 is 22.5 Å². The second kappa shape index (κ2) is 8.71. The number of benzene rings is 3. The Morgan fingerprint density at radius 1 is 0.800 bits per heavy atom. The van der Waals surface area contributed by atoms with E-state index in [4.69, 9.17) is 4.74 Å². The number of ether oxygens (including phenoxy) is 1. The first-order valence-electron chi connectivity index (χ1n) is 9.60. The van der Waals surface area contributed by atoms with Crippen molar-refractivity contribution in [1.82, 2.24) is 0 Å². The Labute approximate surface area is 178 Å². The summed E-state index contributed by atoms with van der Waals surface area (Å²) in [6.07, 6.45) is 0. The van der Waals surface area contributed by atoms with Gasteiger partial charge >= 0.3 is 0 Å². The molecule has 30 heavy (non-hydrogen) atoms. The molecule has 1 amide bonds. The lowest BCUT2D eigenvalue weighted by Gasteiger charge is -2.23. The lowest BCUT2D eigenvalue weighted by Crippen LogP contribution is -2.40. The molecule has 0 bridgehead atoms. The molecule has 0 N–H and O–H groups in total. The summed E-state index contributed by atoms with van der Waals surface area (Å²) in [5.74, 6) is -0.120. The molecule has 156 valence electrons. The third-order valence-electron chi connectivity index (χ3n) is 4.74. The van der Waals surface area contributed by atoms with Crippen molar-refractivity contribution in [3.05, 3.63) is 89.0 Å². The highest BCUT2D eigenvalue weighted by Crippen LogP contribution is 2.26. The maximum absolute atomic E-state index is 13.3. The summed E-state index contributed by atoms with van der Waals surface area (Å²) < 4.78 is 33.2. The van der Waals surface area contributed by atoms with Crippen molar-refractivity contribution in [1.29, 1.82) is 0 Å². The van der Waals surface area contributed by atoms with E-state index in [1.165, 1.54) is 12.1 Å². The molecular weight excluding hydrogens is 398 g/mol. The minimum Gasteiger partial charge on any atom is -0.483 e. The standard InChI is InChI=1S/C24H25NO4S/c1-17-5-10-21(11-6-17)25(30(27,28)22-12-7-18(2)8-13-22)24(26)16-29-23-14-9-19(3)15-20(23)4/h5-15H,16H2,1-4H3. The van der Waals surface area contributed by atoms with Crippen LogP contribution in [0, 0.1) is 27.7 Å². The monoisotopic (exact) mass is 423 g/mol. The van der Waals surface area contributed by atoms with Gasteiger partial charge in [-0.1, -0.05) is 53.1 Å². The predicted octanol–water partition coefficient (Wildman–Crippen LogP) is 4.72. The zero-order valence-electron chi connectivity index (χ0n) is 17.5. The summed E-state index contributed by atoms with van der Waals surface area (Å²) in [5, 5.41) is 0. The Hall–Kier alpha value is -3.12. The number of rotatable bonds is 6. The van der Waals surface area contributed by atoms with E-state index >= 15 is 0 Å². The van der Waals surface area contributed by atoms with Crippen LogP contribution in [0.2, 0.25) is 0 Å². The fraction of sp³-hybridized carbons (Fsp3) is 0.208. The first-order chi connectivity index (χ1) is 14.2. The summed E-state index contributed by atoms with van der Waals surface area (Å²) in [4.78, 5) is 13.1. The zero-order chi connectivity index (χ0) is 21.9. The molecule has 0 aromatic heterocycles. The summed E-state index contributed by atoms with van der Waals surface area (Å²) >= 11 is 0. The molecule has 0 unspecified atom stereocenters. The van der Waals surface area contributed by atoms with Crippen molar-refractivity contribution in [3.63, 3.8) is 0 Å². The number of nitrogens with zero attached hydrogens (tertiary/aromatic N) is 1. The quantitative estimate of drug-likeness (QED) is 0.575. The van der Waals surface area contributed by atoms with Crippen LogP contribution >= 0.6 is 0 Å². The molecule has 0 aliphatic heterocycles. The minimum atomic E-state index is -4.10. The van der Waals surface area contributed by atoms with Crippen LogP contribution in [0.1, 0.15) is 22.3 Å². The fourth-order valence-electron chi connectivity index (χ4n) is 3.07. The van der Waals surface area contributed by atoms with Gasteiger partial charge in [-0.15, -0.1) is 0 Å². The van der Waals surface area contributed by atoms with Gasteiger partial charge in [0, 0.05) is 0 Å². The number of aryl methyl sites for hydroxylation is 4. The van der Waals surface area contributed by atoms with Crippen molar-refractivity contribution in [2.75, 3.05) is 10.9 Å². The Morgan fingerprint density at radius 2 is 1.33 bits per heavy atom. The third kappa shape index (κ3) is 4.71. The Kier molecular flexibility index (Phi) is 6.27. The van der Waals surface area contributed by atoms with Gasteiger partial charge in [0.25, 0.3) is 15.9 Å².